The van der Waals surface area contributed by atoms with E-state index in [1.807, 2.05) is 0 Å². The molecule has 1 spiro atoms. The van der Waals surface area contributed by atoms with E-state index < -0.39 is 0 Å². The molecular weight excluding hydrogens is 709 g/mol. The van der Waals surface area contributed by atoms with Crippen molar-refractivity contribution in [2.24, 2.45) is 0 Å². The summed E-state index contributed by atoms with van der Waals surface area (Å²) in [7, 11) is 0. The Hall–Kier alpha value is -7.02. The summed E-state index contributed by atoms with van der Waals surface area (Å²) >= 11 is 0. The maximum absolute atomic E-state index is 2.48. The molecule has 0 fully saturated rings. The van der Waals surface area contributed by atoms with Crippen LogP contribution in [0.4, 0.5) is 0 Å². The van der Waals surface area contributed by atoms with Crippen molar-refractivity contribution in [1.82, 2.24) is 0 Å². The SMILES string of the molecule is CC(C)(C)c1c2ccccc2c(-c2cccc3ccccc23)c2ccc(-c3ccc(-c4ccc5c(c4)C4(c6ccccc6-c6ccccc64)c4ccccc4-5)cc3)cc12. The highest BCUT2D eigenvalue weighted by molar-refractivity contribution is 6.19. The van der Waals surface area contributed by atoms with E-state index in [0.29, 0.717) is 0 Å². The average molecular weight is 751 g/mol. The van der Waals surface area contributed by atoms with E-state index in [2.05, 4.69) is 221 Å². The van der Waals surface area contributed by atoms with Gasteiger partial charge in [-0.1, -0.05) is 209 Å². The molecule has 0 aliphatic heterocycles. The number of hydrogen-bond donors (Lipinski definition) is 0. The molecule has 0 heteroatoms. The van der Waals surface area contributed by atoms with Crippen LogP contribution in [-0.4, -0.2) is 0 Å². The van der Waals surface area contributed by atoms with Crippen molar-refractivity contribution in [3.8, 4) is 55.6 Å². The zero-order valence-electron chi connectivity index (χ0n) is 33.6. The molecule has 10 aromatic rings. The second kappa shape index (κ2) is 12.5. The van der Waals surface area contributed by atoms with Gasteiger partial charge in [-0.15, -0.1) is 0 Å². The summed E-state index contributed by atoms with van der Waals surface area (Å²) in [5.74, 6) is 0. The molecule has 10 aromatic carbocycles. The fourth-order valence-corrected chi connectivity index (χ4v) is 11.0. The average Bonchev–Trinajstić information content (AvgIpc) is 3.74. The number of rotatable bonds is 3. The largest absolute Gasteiger partial charge is 0.0725 e. The van der Waals surface area contributed by atoms with Gasteiger partial charge in [-0.2, -0.15) is 0 Å². The fourth-order valence-electron chi connectivity index (χ4n) is 11.0. The molecule has 2 aliphatic rings. The van der Waals surface area contributed by atoms with Crippen molar-refractivity contribution in [1.29, 1.82) is 0 Å². The molecule has 0 aromatic heterocycles. The minimum atomic E-state index is -0.347. The number of fused-ring (bicyclic) bond motifs is 13. The maximum Gasteiger partial charge on any atom is 0.0725 e. The normalized spacial score (nSPS) is 13.5. The quantitative estimate of drug-likeness (QED) is 0.158. The van der Waals surface area contributed by atoms with Crippen LogP contribution in [0.3, 0.4) is 0 Å². The van der Waals surface area contributed by atoms with Crippen LogP contribution in [0, 0.1) is 0 Å². The molecule has 59 heavy (non-hydrogen) atoms. The predicted octanol–water partition coefficient (Wildman–Crippen LogP) is 15.8. The van der Waals surface area contributed by atoms with Crippen LogP contribution in [-0.2, 0) is 10.8 Å². The lowest BCUT2D eigenvalue weighted by Gasteiger charge is -2.30. The van der Waals surface area contributed by atoms with E-state index in [4.69, 9.17) is 0 Å². The summed E-state index contributed by atoms with van der Waals surface area (Å²) in [6.45, 7) is 7.07. The number of benzene rings is 10. The first-order chi connectivity index (χ1) is 28.9. The first-order valence-corrected chi connectivity index (χ1v) is 20.9. The Morgan fingerprint density at radius 3 is 1.37 bits per heavy atom. The lowest BCUT2D eigenvalue weighted by Crippen LogP contribution is -2.25. The molecule has 0 unspecified atom stereocenters. The molecule has 0 saturated carbocycles. The third kappa shape index (κ3) is 4.78. The standard InChI is InChI=1S/C59H42/c1-58(2,3)57-50-22-7-6-21-48(50)56(47-23-14-16-39-15-4-5-17-42(39)47)49-34-32-40(35-51(49)57)37-27-29-38(30-28-37)41-31-33-46-45-20-10-13-26-54(45)59(55(46)36-41)52-24-11-8-18-43(52)44-19-9-12-25-53(44)59/h4-36H,1-3H3. The Bertz CT molecular complexity index is 3280. The first kappa shape index (κ1) is 34.1. The predicted molar refractivity (Wildman–Crippen MR) is 250 cm³/mol. The number of hydrogen-bond acceptors (Lipinski definition) is 0. The summed E-state index contributed by atoms with van der Waals surface area (Å²) in [6.07, 6.45) is 0. The third-order valence-electron chi connectivity index (χ3n) is 13.4. The molecule has 0 amide bonds. The Kier molecular flexibility index (Phi) is 7.21. The minimum absolute atomic E-state index is 0.0669. The van der Waals surface area contributed by atoms with Crippen LogP contribution in [0.2, 0.25) is 0 Å². The van der Waals surface area contributed by atoms with Crippen LogP contribution < -0.4 is 0 Å². The molecule has 0 heterocycles. The smallest absolute Gasteiger partial charge is 0.0619 e. The molecule has 12 rings (SSSR count). The van der Waals surface area contributed by atoms with Gasteiger partial charge in [0.25, 0.3) is 0 Å². The maximum atomic E-state index is 2.48. The van der Waals surface area contributed by atoms with E-state index >= 15 is 0 Å². The highest BCUT2D eigenvalue weighted by atomic mass is 14.5. The zero-order valence-corrected chi connectivity index (χ0v) is 33.6. The topological polar surface area (TPSA) is 0 Å². The van der Waals surface area contributed by atoms with E-state index in [1.165, 1.54) is 116 Å². The van der Waals surface area contributed by atoms with Crippen LogP contribution in [0.1, 0.15) is 48.6 Å². The van der Waals surface area contributed by atoms with Gasteiger partial charge >= 0.3 is 0 Å². The van der Waals surface area contributed by atoms with Gasteiger partial charge in [0.15, 0.2) is 0 Å². The van der Waals surface area contributed by atoms with Crippen LogP contribution in [0.25, 0.3) is 88.0 Å². The van der Waals surface area contributed by atoms with Gasteiger partial charge in [0.05, 0.1) is 5.41 Å². The van der Waals surface area contributed by atoms with Crippen molar-refractivity contribution in [3.63, 3.8) is 0 Å². The fraction of sp³-hybridized carbons (Fsp3) is 0.0847. The Morgan fingerprint density at radius 1 is 0.305 bits per heavy atom. The van der Waals surface area contributed by atoms with Crippen LogP contribution in [0.15, 0.2) is 200 Å². The molecule has 0 N–H and O–H groups in total. The van der Waals surface area contributed by atoms with Crippen molar-refractivity contribution in [2.75, 3.05) is 0 Å². The Labute approximate surface area is 346 Å². The van der Waals surface area contributed by atoms with Gasteiger partial charge in [0.2, 0.25) is 0 Å². The minimum Gasteiger partial charge on any atom is -0.0619 e. The summed E-state index contributed by atoms with van der Waals surface area (Å²) in [5.41, 5.74) is 19.3. The zero-order chi connectivity index (χ0) is 39.5. The summed E-state index contributed by atoms with van der Waals surface area (Å²) in [5, 5.41) is 7.80. The monoisotopic (exact) mass is 750 g/mol. The molecule has 0 saturated heterocycles. The summed E-state index contributed by atoms with van der Waals surface area (Å²) < 4.78 is 0. The molecule has 0 radical (unpaired) electrons. The second-order valence-electron chi connectivity index (χ2n) is 17.6. The lowest BCUT2D eigenvalue weighted by molar-refractivity contribution is 0.601. The first-order valence-electron chi connectivity index (χ1n) is 20.9. The van der Waals surface area contributed by atoms with E-state index in [9.17, 15) is 0 Å². The molecule has 278 valence electrons. The lowest BCUT2D eigenvalue weighted by atomic mass is 9.70. The Morgan fingerprint density at radius 2 is 0.746 bits per heavy atom. The van der Waals surface area contributed by atoms with Crippen molar-refractivity contribution >= 4 is 32.3 Å². The van der Waals surface area contributed by atoms with Crippen LogP contribution >= 0.6 is 0 Å². The van der Waals surface area contributed by atoms with Gasteiger partial charge < -0.3 is 0 Å². The Balaban J connectivity index is 1.01. The van der Waals surface area contributed by atoms with E-state index in [0.717, 1.165) is 0 Å². The van der Waals surface area contributed by atoms with Crippen molar-refractivity contribution < 1.29 is 0 Å². The van der Waals surface area contributed by atoms with Crippen LogP contribution in [0.5, 0.6) is 0 Å². The van der Waals surface area contributed by atoms with Gasteiger partial charge in [0.1, 0.15) is 0 Å². The van der Waals surface area contributed by atoms with E-state index in [-0.39, 0.29) is 10.8 Å². The van der Waals surface area contributed by atoms with Crippen molar-refractivity contribution in [3.05, 3.63) is 228 Å². The van der Waals surface area contributed by atoms with Gasteiger partial charge in [-0.3, -0.25) is 0 Å². The van der Waals surface area contributed by atoms with Gasteiger partial charge in [-0.25, -0.2) is 0 Å². The van der Waals surface area contributed by atoms with Crippen molar-refractivity contribution in [2.45, 2.75) is 31.6 Å². The molecule has 2 aliphatic carbocycles. The third-order valence-corrected chi connectivity index (χ3v) is 13.4. The van der Waals surface area contributed by atoms with Gasteiger partial charge in [0, 0.05) is 0 Å². The summed E-state index contributed by atoms with van der Waals surface area (Å²) in [4.78, 5) is 0. The highest BCUT2D eigenvalue weighted by Gasteiger charge is 2.51. The molecule has 0 nitrogen and oxygen atoms in total. The van der Waals surface area contributed by atoms with E-state index in [1.54, 1.807) is 0 Å². The molecular formula is C59H42. The molecule has 0 bridgehead atoms. The van der Waals surface area contributed by atoms with Gasteiger partial charge in [-0.05, 0) is 133 Å². The second-order valence-corrected chi connectivity index (χ2v) is 17.6. The molecule has 0 atom stereocenters. The summed E-state index contributed by atoms with van der Waals surface area (Å²) in [6, 6.07) is 75.3. The highest BCUT2D eigenvalue weighted by Crippen LogP contribution is 2.63.